The van der Waals surface area contributed by atoms with Crippen LogP contribution in [0.5, 0.6) is 0 Å². The van der Waals surface area contributed by atoms with Crippen LogP contribution in [0.2, 0.25) is 0 Å². The molecule has 0 saturated heterocycles. The van der Waals surface area contributed by atoms with Crippen molar-refractivity contribution in [2.75, 3.05) is 5.32 Å². The molecule has 0 bridgehead atoms. The van der Waals surface area contributed by atoms with Crippen LogP contribution in [0.15, 0.2) is 36.4 Å². The number of nitrogens with one attached hydrogen (secondary N) is 1. The number of aryl methyl sites for hydroxylation is 2. The van der Waals surface area contributed by atoms with Crippen molar-refractivity contribution in [3.63, 3.8) is 0 Å². The van der Waals surface area contributed by atoms with E-state index < -0.39 is 5.91 Å². The van der Waals surface area contributed by atoms with E-state index in [0.29, 0.717) is 12.1 Å². The lowest BCUT2D eigenvalue weighted by atomic mass is 10.0. The first-order chi connectivity index (χ1) is 9.47. The summed E-state index contributed by atoms with van der Waals surface area (Å²) in [5.41, 5.74) is 9.56. The third-order valence-corrected chi connectivity index (χ3v) is 3.28. The van der Waals surface area contributed by atoms with Gasteiger partial charge in [0.25, 0.3) is 0 Å². The van der Waals surface area contributed by atoms with E-state index in [1.807, 2.05) is 19.9 Å². The molecule has 0 atom stereocenters. The van der Waals surface area contributed by atoms with Crippen molar-refractivity contribution < 1.29 is 9.18 Å². The lowest BCUT2D eigenvalue weighted by Gasteiger charge is -2.12. The molecule has 0 spiro atoms. The van der Waals surface area contributed by atoms with Gasteiger partial charge >= 0.3 is 0 Å². The molecule has 0 saturated carbocycles. The van der Waals surface area contributed by atoms with Crippen molar-refractivity contribution in [1.29, 1.82) is 0 Å². The minimum Gasteiger partial charge on any atom is -0.381 e. The molecule has 104 valence electrons. The highest BCUT2D eigenvalue weighted by Crippen LogP contribution is 2.18. The summed E-state index contributed by atoms with van der Waals surface area (Å²) >= 11 is 0. The zero-order valence-electron chi connectivity index (χ0n) is 11.5. The Morgan fingerprint density at radius 2 is 1.90 bits per heavy atom. The van der Waals surface area contributed by atoms with Crippen LogP contribution in [-0.2, 0) is 6.54 Å². The van der Waals surface area contributed by atoms with Gasteiger partial charge in [-0.3, -0.25) is 4.79 Å². The normalized spacial score (nSPS) is 10.3. The van der Waals surface area contributed by atoms with Gasteiger partial charge in [0, 0.05) is 17.8 Å². The highest BCUT2D eigenvalue weighted by atomic mass is 19.1. The van der Waals surface area contributed by atoms with Crippen molar-refractivity contribution in [2.45, 2.75) is 20.4 Å². The smallest absolute Gasteiger partial charge is 0.248 e. The Morgan fingerprint density at radius 1 is 1.15 bits per heavy atom. The second-order valence-corrected chi connectivity index (χ2v) is 4.82. The molecule has 20 heavy (non-hydrogen) atoms. The summed E-state index contributed by atoms with van der Waals surface area (Å²) in [4.78, 5) is 11.1. The van der Waals surface area contributed by atoms with E-state index >= 15 is 0 Å². The molecular weight excluding hydrogens is 255 g/mol. The molecule has 0 aliphatic rings. The molecular formula is C16H17FN2O. The molecule has 2 aromatic carbocycles. The molecule has 0 heterocycles. The van der Waals surface area contributed by atoms with Crippen LogP contribution < -0.4 is 11.1 Å². The standard InChI is InChI=1S/C16H17FN2O/c1-10-7-12(16(18)20)3-4-13(10)9-19-15-6-5-14(17)8-11(15)2/h3-8,19H,9H2,1-2H3,(H2,18,20). The van der Waals surface area contributed by atoms with Crippen LogP contribution in [0.1, 0.15) is 27.0 Å². The predicted octanol–water partition coefficient (Wildman–Crippen LogP) is 3.15. The largest absolute Gasteiger partial charge is 0.381 e. The van der Waals surface area contributed by atoms with Gasteiger partial charge in [0.2, 0.25) is 5.91 Å². The first-order valence-corrected chi connectivity index (χ1v) is 6.36. The summed E-state index contributed by atoms with van der Waals surface area (Å²) in [6.07, 6.45) is 0. The van der Waals surface area contributed by atoms with Gasteiger partial charge in [0.1, 0.15) is 5.82 Å². The highest BCUT2D eigenvalue weighted by molar-refractivity contribution is 5.93. The van der Waals surface area contributed by atoms with Gasteiger partial charge < -0.3 is 11.1 Å². The second kappa shape index (κ2) is 5.74. The van der Waals surface area contributed by atoms with Crippen molar-refractivity contribution >= 4 is 11.6 Å². The van der Waals surface area contributed by atoms with Crippen molar-refractivity contribution in [3.05, 3.63) is 64.5 Å². The molecule has 3 nitrogen and oxygen atoms in total. The number of nitrogens with two attached hydrogens (primary N) is 1. The lowest BCUT2D eigenvalue weighted by Crippen LogP contribution is -2.12. The Labute approximate surface area is 117 Å². The monoisotopic (exact) mass is 272 g/mol. The highest BCUT2D eigenvalue weighted by Gasteiger charge is 2.05. The SMILES string of the molecule is Cc1cc(C(N)=O)ccc1CNc1ccc(F)cc1C. The third kappa shape index (κ3) is 3.15. The zero-order valence-corrected chi connectivity index (χ0v) is 11.5. The lowest BCUT2D eigenvalue weighted by molar-refractivity contribution is 0.1000. The van der Waals surface area contributed by atoms with E-state index in [1.165, 1.54) is 12.1 Å². The number of carbonyl (C=O) groups is 1. The first-order valence-electron chi connectivity index (χ1n) is 6.36. The minimum absolute atomic E-state index is 0.241. The second-order valence-electron chi connectivity index (χ2n) is 4.82. The number of carbonyl (C=O) groups excluding carboxylic acids is 1. The van der Waals surface area contributed by atoms with Crippen molar-refractivity contribution in [2.24, 2.45) is 5.73 Å². The van der Waals surface area contributed by atoms with E-state index in [9.17, 15) is 9.18 Å². The van der Waals surface area contributed by atoms with Crippen LogP contribution in [0.4, 0.5) is 10.1 Å². The maximum atomic E-state index is 13.0. The summed E-state index contributed by atoms with van der Waals surface area (Å²) in [7, 11) is 0. The predicted molar refractivity (Wildman–Crippen MR) is 78.2 cm³/mol. The molecule has 2 aromatic rings. The van der Waals surface area contributed by atoms with E-state index in [-0.39, 0.29) is 5.82 Å². The van der Waals surface area contributed by atoms with E-state index in [1.54, 1.807) is 18.2 Å². The maximum absolute atomic E-state index is 13.0. The Hall–Kier alpha value is -2.36. The molecule has 1 amide bonds. The molecule has 0 aliphatic carbocycles. The van der Waals surface area contributed by atoms with Crippen LogP contribution in [0, 0.1) is 19.7 Å². The number of halogens is 1. The van der Waals surface area contributed by atoms with Crippen molar-refractivity contribution in [1.82, 2.24) is 0 Å². The number of primary amides is 1. The topological polar surface area (TPSA) is 55.1 Å². The third-order valence-electron chi connectivity index (χ3n) is 3.28. The Bertz CT molecular complexity index is 653. The molecule has 3 N–H and O–H groups in total. The molecule has 0 aromatic heterocycles. The molecule has 0 radical (unpaired) electrons. The first kappa shape index (κ1) is 14.1. The van der Waals surface area contributed by atoms with Crippen LogP contribution >= 0.6 is 0 Å². The summed E-state index contributed by atoms with van der Waals surface area (Å²) in [6.45, 7) is 4.40. The minimum atomic E-state index is -0.429. The Morgan fingerprint density at radius 3 is 2.50 bits per heavy atom. The summed E-state index contributed by atoms with van der Waals surface area (Å²) < 4.78 is 13.0. The van der Waals surface area contributed by atoms with Crippen LogP contribution in [0.3, 0.4) is 0 Å². The fourth-order valence-corrected chi connectivity index (χ4v) is 2.06. The summed E-state index contributed by atoms with van der Waals surface area (Å²) in [5.74, 6) is -0.669. The average Bonchev–Trinajstić information content (AvgIpc) is 2.38. The van der Waals surface area contributed by atoms with E-state index in [4.69, 9.17) is 5.73 Å². The van der Waals surface area contributed by atoms with Gasteiger partial charge in [0.15, 0.2) is 0 Å². The number of benzene rings is 2. The van der Waals surface area contributed by atoms with Crippen molar-refractivity contribution in [3.8, 4) is 0 Å². The fourth-order valence-electron chi connectivity index (χ4n) is 2.06. The van der Waals surface area contributed by atoms with Gasteiger partial charge in [0.05, 0.1) is 0 Å². The molecule has 2 rings (SSSR count). The number of hydrogen-bond acceptors (Lipinski definition) is 2. The molecule has 0 fully saturated rings. The van der Waals surface area contributed by atoms with E-state index in [2.05, 4.69) is 5.32 Å². The van der Waals surface area contributed by atoms with E-state index in [0.717, 1.165) is 22.4 Å². The van der Waals surface area contributed by atoms with Gasteiger partial charge in [-0.05, 0) is 60.9 Å². The zero-order chi connectivity index (χ0) is 14.7. The molecule has 0 unspecified atom stereocenters. The summed E-state index contributed by atoms with van der Waals surface area (Å²) in [5, 5.41) is 3.26. The number of amides is 1. The van der Waals surface area contributed by atoms with Gasteiger partial charge in [-0.15, -0.1) is 0 Å². The molecule has 0 aliphatic heterocycles. The van der Waals surface area contributed by atoms with Gasteiger partial charge in [-0.1, -0.05) is 6.07 Å². The fraction of sp³-hybridized carbons (Fsp3) is 0.188. The number of rotatable bonds is 4. The van der Waals surface area contributed by atoms with Crippen LogP contribution in [0.25, 0.3) is 0 Å². The quantitative estimate of drug-likeness (QED) is 0.898. The maximum Gasteiger partial charge on any atom is 0.248 e. The number of hydrogen-bond donors (Lipinski definition) is 2. The summed E-state index contributed by atoms with van der Waals surface area (Å²) in [6, 6.07) is 10.0. The van der Waals surface area contributed by atoms with Gasteiger partial charge in [-0.2, -0.15) is 0 Å². The Balaban J connectivity index is 2.13. The number of anilines is 1. The van der Waals surface area contributed by atoms with Gasteiger partial charge in [-0.25, -0.2) is 4.39 Å². The average molecular weight is 272 g/mol. The van der Waals surface area contributed by atoms with Crippen LogP contribution in [-0.4, -0.2) is 5.91 Å². The molecule has 4 heteroatoms. The Kier molecular flexibility index (Phi) is 4.03.